The normalized spacial score (nSPS) is 8.04. The van der Waals surface area contributed by atoms with Gasteiger partial charge in [0.15, 0.2) is 0 Å². The zero-order valence-electron chi connectivity index (χ0n) is 17.7. The Morgan fingerprint density at radius 1 is 0.481 bits per heavy atom. The maximum Gasteiger partial charge on any atom is 0.0313 e. The van der Waals surface area contributed by atoms with E-state index in [1.165, 1.54) is 18.4 Å². The second-order valence-corrected chi connectivity index (χ2v) is 5.89. The first-order chi connectivity index (χ1) is 13.0. The fourth-order valence-corrected chi connectivity index (χ4v) is 1.44. The zero-order chi connectivity index (χ0) is 20.8. The van der Waals surface area contributed by atoms with Gasteiger partial charge in [0.1, 0.15) is 0 Å². The van der Waals surface area contributed by atoms with E-state index < -0.39 is 0 Å². The van der Waals surface area contributed by atoms with E-state index in [-0.39, 0.29) is 0 Å². The molecule has 0 aliphatic carbocycles. The summed E-state index contributed by atoms with van der Waals surface area (Å²) in [7, 11) is 0. The molecule has 2 heteroatoms. The molecule has 0 heterocycles. The van der Waals surface area contributed by atoms with Crippen LogP contribution in [0.15, 0.2) is 91.0 Å². The summed E-state index contributed by atoms with van der Waals surface area (Å²) in [6.07, 6.45) is 2.50. The highest BCUT2D eigenvalue weighted by Gasteiger charge is 1.73. The van der Waals surface area contributed by atoms with Gasteiger partial charge in [-0.05, 0) is 31.2 Å². The van der Waals surface area contributed by atoms with Crippen LogP contribution in [-0.2, 0) is 0 Å². The second-order valence-electron chi connectivity index (χ2n) is 5.89. The molecular formula is C25H38N2. The zero-order valence-corrected chi connectivity index (χ0v) is 17.7. The Bertz CT molecular complexity index is 516. The topological polar surface area (TPSA) is 52.0 Å². The van der Waals surface area contributed by atoms with Gasteiger partial charge in [-0.1, -0.05) is 113 Å². The second kappa shape index (κ2) is 21.3. The lowest BCUT2D eigenvalue weighted by molar-refractivity contribution is 1.09. The number of aryl methyl sites for hydroxylation is 1. The van der Waals surface area contributed by atoms with Crippen molar-refractivity contribution >= 4 is 11.4 Å². The van der Waals surface area contributed by atoms with E-state index in [2.05, 4.69) is 46.8 Å². The summed E-state index contributed by atoms with van der Waals surface area (Å²) in [4.78, 5) is 0. The molecule has 0 radical (unpaired) electrons. The van der Waals surface area contributed by atoms with Gasteiger partial charge in [-0.3, -0.25) is 0 Å². The first-order valence-corrected chi connectivity index (χ1v) is 9.64. The Morgan fingerprint density at radius 2 is 0.704 bits per heavy atom. The quantitative estimate of drug-likeness (QED) is 0.408. The summed E-state index contributed by atoms with van der Waals surface area (Å²) in [6.45, 7) is 10.6. The molecule has 3 rings (SSSR count). The Hall–Kier alpha value is -2.74. The van der Waals surface area contributed by atoms with Crippen LogP contribution in [0.1, 0.15) is 46.1 Å². The molecule has 27 heavy (non-hydrogen) atoms. The Labute approximate surface area is 167 Å². The maximum absolute atomic E-state index is 5.36. The lowest BCUT2D eigenvalue weighted by Gasteiger charge is -1.83. The van der Waals surface area contributed by atoms with Crippen molar-refractivity contribution in [3.05, 3.63) is 96.6 Å². The van der Waals surface area contributed by atoms with Crippen molar-refractivity contribution in [2.75, 3.05) is 11.5 Å². The molecule has 0 saturated heterocycles. The fourth-order valence-electron chi connectivity index (χ4n) is 1.44. The van der Waals surface area contributed by atoms with Gasteiger partial charge in [0.05, 0.1) is 0 Å². The molecule has 4 N–H and O–H groups in total. The number of rotatable bonds is 0. The van der Waals surface area contributed by atoms with Crippen molar-refractivity contribution in [3.63, 3.8) is 0 Å². The van der Waals surface area contributed by atoms with E-state index in [9.17, 15) is 0 Å². The van der Waals surface area contributed by atoms with Gasteiger partial charge < -0.3 is 11.5 Å². The lowest BCUT2D eigenvalue weighted by atomic mass is 10.2. The predicted octanol–water partition coefficient (Wildman–Crippen LogP) is 7.37. The number of benzene rings is 3. The van der Waals surface area contributed by atoms with Crippen LogP contribution in [0.25, 0.3) is 0 Å². The van der Waals surface area contributed by atoms with E-state index in [4.69, 9.17) is 11.5 Å². The summed E-state index contributed by atoms with van der Waals surface area (Å²) in [6, 6.07) is 29.2. The van der Waals surface area contributed by atoms with E-state index in [0.29, 0.717) is 0 Å². The summed E-state index contributed by atoms with van der Waals surface area (Å²) in [5.41, 5.74) is 13.7. The minimum Gasteiger partial charge on any atom is -0.399 e. The van der Waals surface area contributed by atoms with Crippen LogP contribution in [0, 0.1) is 6.92 Å². The molecule has 0 aliphatic heterocycles. The van der Waals surface area contributed by atoms with Gasteiger partial charge >= 0.3 is 0 Å². The van der Waals surface area contributed by atoms with Crippen LogP contribution < -0.4 is 11.5 Å². The van der Waals surface area contributed by atoms with E-state index >= 15 is 0 Å². The highest BCUT2D eigenvalue weighted by atomic mass is 14.5. The smallest absolute Gasteiger partial charge is 0.0313 e. The molecule has 0 bridgehead atoms. The third-order valence-electron chi connectivity index (χ3n) is 2.54. The van der Waals surface area contributed by atoms with Crippen LogP contribution in [0.2, 0.25) is 0 Å². The van der Waals surface area contributed by atoms with Gasteiger partial charge in [0.2, 0.25) is 0 Å². The van der Waals surface area contributed by atoms with Gasteiger partial charge in [0, 0.05) is 11.4 Å². The molecule has 148 valence electrons. The molecule has 0 atom stereocenters. The van der Waals surface area contributed by atoms with E-state index in [1.54, 1.807) is 0 Å². The number of hydrogen-bond donors (Lipinski definition) is 2. The Balaban J connectivity index is 0. The SMILES string of the molecule is CCC.CCC.Cc1ccccc1.Nc1ccccc1.Nc1ccccc1. The average molecular weight is 367 g/mol. The number of nitrogen functional groups attached to an aromatic ring is 2. The summed E-state index contributed by atoms with van der Waals surface area (Å²) in [5, 5.41) is 0. The van der Waals surface area contributed by atoms with Crippen molar-refractivity contribution < 1.29 is 0 Å². The summed E-state index contributed by atoms with van der Waals surface area (Å²) < 4.78 is 0. The predicted molar refractivity (Wildman–Crippen MR) is 125 cm³/mol. The average Bonchev–Trinajstić information content (AvgIpc) is 2.66. The van der Waals surface area contributed by atoms with Gasteiger partial charge in [-0.2, -0.15) is 0 Å². The van der Waals surface area contributed by atoms with Crippen molar-refractivity contribution in [2.45, 2.75) is 47.5 Å². The molecule has 2 nitrogen and oxygen atoms in total. The number of nitrogens with two attached hydrogens (primary N) is 2. The molecule has 3 aromatic carbocycles. The molecule has 0 saturated carbocycles. The third-order valence-corrected chi connectivity index (χ3v) is 2.54. The molecule has 0 spiro atoms. The summed E-state index contributed by atoms with van der Waals surface area (Å²) >= 11 is 0. The first-order valence-electron chi connectivity index (χ1n) is 9.64. The van der Waals surface area contributed by atoms with Gasteiger partial charge in [0.25, 0.3) is 0 Å². The van der Waals surface area contributed by atoms with Gasteiger partial charge in [-0.25, -0.2) is 0 Å². The van der Waals surface area contributed by atoms with Crippen LogP contribution in [-0.4, -0.2) is 0 Å². The van der Waals surface area contributed by atoms with Crippen LogP contribution in [0.4, 0.5) is 11.4 Å². The Kier molecular flexibility index (Phi) is 20.9. The monoisotopic (exact) mass is 366 g/mol. The summed E-state index contributed by atoms with van der Waals surface area (Å²) in [5.74, 6) is 0. The van der Waals surface area contributed by atoms with Crippen molar-refractivity contribution in [2.24, 2.45) is 0 Å². The molecule has 3 aromatic rings. The minimum absolute atomic E-state index is 0.822. The van der Waals surface area contributed by atoms with E-state index in [1.807, 2.05) is 78.9 Å². The third kappa shape index (κ3) is 23.3. The maximum atomic E-state index is 5.36. The first kappa shape index (κ1) is 26.5. The van der Waals surface area contributed by atoms with Crippen molar-refractivity contribution in [1.29, 1.82) is 0 Å². The molecule has 0 fully saturated rings. The highest BCUT2D eigenvalue weighted by Crippen LogP contribution is 1.96. The fraction of sp³-hybridized carbons (Fsp3) is 0.280. The largest absolute Gasteiger partial charge is 0.399 e. The van der Waals surface area contributed by atoms with E-state index in [0.717, 1.165) is 11.4 Å². The number of para-hydroxylation sites is 2. The Morgan fingerprint density at radius 3 is 0.815 bits per heavy atom. The highest BCUT2D eigenvalue weighted by molar-refractivity contribution is 5.36. The molecule has 0 aromatic heterocycles. The van der Waals surface area contributed by atoms with Crippen LogP contribution in [0.3, 0.4) is 0 Å². The van der Waals surface area contributed by atoms with Crippen molar-refractivity contribution in [3.8, 4) is 0 Å². The minimum atomic E-state index is 0.822. The molecule has 0 amide bonds. The lowest BCUT2D eigenvalue weighted by Crippen LogP contribution is -1.79. The van der Waals surface area contributed by atoms with Crippen LogP contribution in [0.5, 0.6) is 0 Å². The number of hydrogen-bond acceptors (Lipinski definition) is 2. The molecule has 0 aliphatic rings. The standard InChI is InChI=1S/C7H8.2C6H7N.2C3H8/c1-7-5-3-2-4-6-7;2*7-6-4-2-1-3-5-6;2*1-3-2/h2-6H,1H3;2*1-5H,7H2;2*3H2,1-2H3. The van der Waals surface area contributed by atoms with Crippen LogP contribution >= 0.6 is 0 Å². The number of anilines is 2. The van der Waals surface area contributed by atoms with Crippen molar-refractivity contribution in [1.82, 2.24) is 0 Å². The molecular weight excluding hydrogens is 328 g/mol. The van der Waals surface area contributed by atoms with Gasteiger partial charge in [-0.15, -0.1) is 0 Å². The molecule has 0 unspecified atom stereocenters.